The van der Waals surface area contributed by atoms with Crippen LogP contribution in [0.1, 0.15) is 46.0 Å². The fourth-order valence-corrected chi connectivity index (χ4v) is 3.90. The maximum absolute atomic E-state index is 5.75. The van der Waals surface area contributed by atoms with Gasteiger partial charge in [0.15, 0.2) is 6.29 Å². The largest absolute Gasteiger partial charge is 0.351 e. The van der Waals surface area contributed by atoms with Crippen LogP contribution in [-0.2, 0) is 9.47 Å². The Morgan fingerprint density at radius 2 is 1.56 bits per heavy atom. The topological polar surface area (TPSA) is 18.5 Å². The summed E-state index contributed by atoms with van der Waals surface area (Å²) < 4.78 is 11.5. The number of ether oxygens (including phenoxy) is 2. The molecule has 0 amide bonds. The van der Waals surface area contributed by atoms with Crippen molar-refractivity contribution < 1.29 is 9.47 Å². The lowest BCUT2D eigenvalue weighted by Gasteiger charge is -2.33. The van der Waals surface area contributed by atoms with E-state index in [2.05, 4.69) is 25.6 Å². The average molecular weight is 244 g/mol. The molecule has 0 N–H and O–H groups in total. The second-order valence-corrected chi connectivity index (χ2v) is 6.90. The van der Waals surface area contributed by atoms with E-state index >= 15 is 0 Å². The predicted octanol–water partition coefficient (Wildman–Crippen LogP) is 3.45. The molecule has 0 bridgehead atoms. The highest BCUT2D eigenvalue weighted by Gasteiger charge is 2.27. The van der Waals surface area contributed by atoms with Crippen molar-refractivity contribution in [3.8, 4) is 0 Å². The Bertz CT molecular complexity index is 194. The van der Waals surface area contributed by atoms with Gasteiger partial charge in [-0.1, -0.05) is 33.1 Å². The molecule has 0 unspecified atom stereocenters. The molecular formula is C13H24O2S. The molecular weight excluding hydrogens is 220 g/mol. The van der Waals surface area contributed by atoms with Crippen molar-refractivity contribution in [2.24, 2.45) is 5.92 Å². The summed E-state index contributed by atoms with van der Waals surface area (Å²) in [5.74, 6) is 0.473. The Hall–Kier alpha value is 0.270. The third-order valence-corrected chi connectivity index (χ3v) is 4.89. The van der Waals surface area contributed by atoms with Gasteiger partial charge in [0, 0.05) is 11.2 Å². The Labute approximate surface area is 103 Å². The minimum atomic E-state index is 0.0307. The van der Waals surface area contributed by atoms with E-state index in [9.17, 15) is 0 Å². The number of hydrogen-bond acceptors (Lipinski definition) is 3. The van der Waals surface area contributed by atoms with Gasteiger partial charge in [0.2, 0.25) is 0 Å². The summed E-state index contributed by atoms with van der Waals surface area (Å²) in [5, 5.41) is 1.43. The molecule has 1 saturated heterocycles. The van der Waals surface area contributed by atoms with E-state index < -0.39 is 0 Å². The molecule has 2 fully saturated rings. The molecule has 2 aliphatic rings. The fourth-order valence-electron chi connectivity index (χ4n) is 2.44. The fraction of sp³-hybridized carbons (Fsp3) is 1.00. The number of rotatable bonds is 3. The molecule has 1 aliphatic heterocycles. The molecule has 1 saturated carbocycles. The zero-order chi connectivity index (χ0) is 11.4. The van der Waals surface area contributed by atoms with Gasteiger partial charge in [-0.2, -0.15) is 11.8 Å². The lowest BCUT2D eigenvalue weighted by Crippen LogP contribution is -2.37. The summed E-state index contributed by atoms with van der Waals surface area (Å²) in [4.78, 5) is 0. The van der Waals surface area contributed by atoms with Gasteiger partial charge in [-0.05, 0) is 12.8 Å². The first-order chi connectivity index (χ1) is 7.75. The molecule has 3 heteroatoms. The van der Waals surface area contributed by atoms with E-state index in [0.29, 0.717) is 11.2 Å². The van der Waals surface area contributed by atoms with Crippen LogP contribution in [0.15, 0.2) is 0 Å². The zero-order valence-corrected chi connectivity index (χ0v) is 11.3. The Balaban J connectivity index is 1.68. The minimum absolute atomic E-state index is 0.0307. The Morgan fingerprint density at radius 3 is 2.12 bits per heavy atom. The van der Waals surface area contributed by atoms with Crippen molar-refractivity contribution in [1.82, 2.24) is 0 Å². The van der Waals surface area contributed by atoms with Gasteiger partial charge in [-0.15, -0.1) is 0 Å². The van der Waals surface area contributed by atoms with Crippen molar-refractivity contribution >= 4 is 11.8 Å². The average Bonchev–Trinajstić information content (AvgIpc) is 2.31. The first-order valence-corrected chi connectivity index (χ1v) is 7.58. The molecule has 94 valence electrons. The standard InChI is InChI=1S/C13H24O2S/c1-10(2)13-14-8-12(9-15-13)16-11-6-4-3-5-7-11/h10-13H,3-9H2,1-2H3. The second-order valence-electron chi connectivity index (χ2n) is 5.30. The van der Waals surface area contributed by atoms with Crippen LogP contribution >= 0.6 is 11.8 Å². The maximum atomic E-state index is 5.75. The Kier molecular flexibility index (Phi) is 4.98. The second kappa shape index (κ2) is 6.27. The lowest BCUT2D eigenvalue weighted by atomic mass is 10.0. The molecule has 1 heterocycles. The van der Waals surface area contributed by atoms with Crippen molar-refractivity contribution in [1.29, 1.82) is 0 Å². The highest BCUT2D eigenvalue weighted by molar-refractivity contribution is 8.00. The summed E-state index contributed by atoms with van der Waals surface area (Å²) in [6.45, 7) is 6.06. The summed E-state index contributed by atoms with van der Waals surface area (Å²) in [5.41, 5.74) is 0. The van der Waals surface area contributed by atoms with E-state index in [1.165, 1.54) is 32.1 Å². The maximum Gasteiger partial charge on any atom is 0.159 e. The third-order valence-electron chi connectivity index (χ3n) is 3.37. The van der Waals surface area contributed by atoms with Crippen LogP contribution in [0.5, 0.6) is 0 Å². The molecule has 16 heavy (non-hydrogen) atoms. The van der Waals surface area contributed by atoms with Crippen molar-refractivity contribution in [2.45, 2.75) is 62.7 Å². The van der Waals surface area contributed by atoms with E-state index in [-0.39, 0.29) is 6.29 Å². The molecule has 0 spiro atoms. The zero-order valence-electron chi connectivity index (χ0n) is 10.5. The Morgan fingerprint density at radius 1 is 0.938 bits per heavy atom. The SMILES string of the molecule is CC(C)C1OCC(SC2CCCCC2)CO1. The van der Waals surface area contributed by atoms with Gasteiger partial charge in [0.05, 0.1) is 18.5 Å². The molecule has 0 radical (unpaired) electrons. The van der Waals surface area contributed by atoms with Gasteiger partial charge in [-0.3, -0.25) is 0 Å². The lowest BCUT2D eigenvalue weighted by molar-refractivity contribution is -0.196. The molecule has 0 aromatic carbocycles. The van der Waals surface area contributed by atoms with Gasteiger partial charge in [0.25, 0.3) is 0 Å². The first-order valence-electron chi connectivity index (χ1n) is 6.64. The van der Waals surface area contributed by atoms with E-state index in [1.807, 2.05) is 0 Å². The van der Waals surface area contributed by atoms with E-state index in [0.717, 1.165) is 18.5 Å². The monoisotopic (exact) mass is 244 g/mol. The smallest absolute Gasteiger partial charge is 0.159 e. The molecule has 0 aromatic heterocycles. The van der Waals surface area contributed by atoms with E-state index in [4.69, 9.17) is 9.47 Å². The van der Waals surface area contributed by atoms with Crippen LogP contribution in [0.25, 0.3) is 0 Å². The summed E-state index contributed by atoms with van der Waals surface area (Å²) >= 11 is 2.11. The van der Waals surface area contributed by atoms with Crippen LogP contribution < -0.4 is 0 Å². The molecule has 0 atom stereocenters. The predicted molar refractivity (Wildman–Crippen MR) is 68.8 cm³/mol. The highest BCUT2D eigenvalue weighted by Crippen LogP contribution is 2.33. The van der Waals surface area contributed by atoms with Gasteiger partial charge in [0.1, 0.15) is 0 Å². The van der Waals surface area contributed by atoms with E-state index in [1.54, 1.807) is 0 Å². The normalized spacial score (nSPS) is 33.2. The molecule has 0 aromatic rings. The van der Waals surface area contributed by atoms with Crippen LogP contribution in [0.4, 0.5) is 0 Å². The minimum Gasteiger partial charge on any atom is -0.351 e. The van der Waals surface area contributed by atoms with Crippen molar-refractivity contribution in [3.63, 3.8) is 0 Å². The highest BCUT2D eigenvalue weighted by atomic mass is 32.2. The van der Waals surface area contributed by atoms with Gasteiger partial charge < -0.3 is 9.47 Å². The van der Waals surface area contributed by atoms with Gasteiger partial charge >= 0.3 is 0 Å². The molecule has 2 rings (SSSR count). The summed E-state index contributed by atoms with van der Waals surface area (Å²) in [6, 6.07) is 0. The van der Waals surface area contributed by atoms with Crippen LogP contribution in [-0.4, -0.2) is 30.0 Å². The van der Waals surface area contributed by atoms with Crippen molar-refractivity contribution in [3.05, 3.63) is 0 Å². The quantitative estimate of drug-likeness (QED) is 0.757. The number of thioether (sulfide) groups is 1. The molecule has 2 nitrogen and oxygen atoms in total. The van der Waals surface area contributed by atoms with Crippen LogP contribution in [0, 0.1) is 5.92 Å². The first kappa shape index (κ1) is 12.7. The van der Waals surface area contributed by atoms with Gasteiger partial charge in [-0.25, -0.2) is 0 Å². The third kappa shape index (κ3) is 3.64. The number of hydrogen-bond donors (Lipinski definition) is 0. The summed E-state index contributed by atoms with van der Waals surface area (Å²) in [6.07, 6.45) is 7.10. The molecule has 1 aliphatic carbocycles. The van der Waals surface area contributed by atoms with Crippen molar-refractivity contribution in [2.75, 3.05) is 13.2 Å². The van der Waals surface area contributed by atoms with Crippen LogP contribution in [0.3, 0.4) is 0 Å². The van der Waals surface area contributed by atoms with Crippen LogP contribution in [0.2, 0.25) is 0 Å². The summed E-state index contributed by atoms with van der Waals surface area (Å²) in [7, 11) is 0.